The summed E-state index contributed by atoms with van der Waals surface area (Å²) in [6.45, 7) is 1.41. The summed E-state index contributed by atoms with van der Waals surface area (Å²) in [5.41, 5.74) is 3.23. The Hall–Kier alpha value is -1.70. The van der Waals surface area contributed by atoms with Crippen LogP contribution in [0.3, 0.4) is 0 Å². The van der Waals surface area contributed by atoms with Crippen LogP contribution in [-0.4, -0.2) is 43.8 Å². The van der Waals surface area contributed by atoms with E-state index in [4.69, 9.17) is 21.6 Å². The molecule has 1 N–H and O–H groups in total. The Balaban J connectivity index is 1.70. The van der Waals surface area contributed by atoms with Crippen molar-refractivity contribution < 1.29 is 8.42 Å². The molecule has 0 saturated carbocycles. The predicted molar refractivity (Wildman–Crippen MR) is 108 cm³/mol. The first-order chi connectivity index (χ1) is 12.9. The molecule has 1 aliphatic heterocycles. The number of hydrogen-bond acceptors (Lipinski definition) is 5. The number of anilines is 1. The van der Waals surface area contributed by atoms with Crippen LogP contribution >= 0.6 is 11.6 Å². The fraction of sp³-hybridized carbons (Fsp3) is 0.474. The summed E-state index contributed by atoms with van der Waals surface area (Å²) in [6, 6.07) is 7.52. The standard InChI is InChI=1S/C19H23ClN4O2S/c1-27(25,26)23-15-9-10-24(12-15)19-16-7-2-3-8-17(16)21-18(22-19)13-5-4-6-14(20)11-13/h4-6,11,15,23H,2-3,7-10,12H2,1H3. The minimum Gasteiger partial charge on any atom is -0.355 e. The number of hydrogen-bond donors (Lipinski definition) is 1. The third-order valence-electron chi connectivity index (χ3n) is 5.11. The average molecular weight is 407 g/mol. The normalized spacial score (nSPS) is 19.9. The lowest BCUT2D eigenvalue weighted by Crippen LogP contribution is -2.36. The molecule has 2 heterocycles. The molecule has 1 atom stereocenters. The van der Waals surface area contributed by atoms with Gasteiger partial charge in [0.2, 0.25) is 10.0 Å². The molecule has 4 rings (SSSR count). The van der Waals surface area contributed by atoms with E-state index in [1.165, 1.54) is 11.8 Å². The Morgan fingerprint density at radius 2 is 2.04 bits per heavy atom. The van der Waals surface area contributed by atoms with Gasteiger partial charge in [0.15, 0.2) is 5.82 Å². The van der Waals surface area contributed by atoms with Gasteiger partial charge < -0.3 is 4.90 Å². The Morgan fingerprint density at radius 3 is 2.81 bits per heavy atom. The van der Waals surface area contributed by atoms with Crippen LogP contribution < -0.4 is 9.62 Å². The molecule has 0 radical (unpaired) electrons. The minimum absolute atomic E-state index is 0.0798. The molecular weight excluding hydrogens is 384 g/mol. The van der Waals surface area contributed by atoms with Gasteiger partial charge in [-0.05, 0) is 44.2 Å². The Labute approximate surface area is 165 Å². The average Bonchev–Trinajstić information content (AvgIpc) is 3.07. The van der Waals surface area contributed by atoms with Gasteiger partial charge in [-0.1, -0.05) is 23.7 Å². The maximum Gasteiger partial charge on any atom is 0.209 e. The Morgan fingerprint density at radius 1 is 1.22 bits per heavy atom. The first-order valence-electron chi connectivity index (χ1n) is 9.27. The van der Waals surface area contributed by atoms with Gasteiger partial charge >= 0.3 is 0 Å². The second-order valence-corrected chi connectivity index (χ2v) is 9.55. The summed E-state index contributed by atoms with van der Waals surface area (Å²) in [4.78, 5) is 11.9. The molecule has 8 heteroatoms. The summed E-state index contributed by atoms with van der Waals surface area (Å²) in [5.74, 6) is 1.64. The smallest absolute Gasteiger partial charge is 0.209 e. The number of fused-ring (bicyclic) bond motifs is 1. The monoisotopic (exact) mass is 406 g/mol. The second-order valence-electron chi connectivity index (χ2n) is 7.34. The van der Waals surface area contributed by atoms with E-state index in [9.17, 15) is 8.42 Å². The number of benzene rings is 1. The summed E-state index contributed by atoms with van der Waals surface area (Å²) < 4.78 is 25.9. The van der Waals surface area contributed by atoms with Crippen LogP contribution in [0.1, 0.15) is 30.5 Å². The zero-order valence-corrected chi connectivity index (χ0v) is 16.9. The third-order valence-corrected chi connectivity index (χ3v) is 6.11. The quantitative estimate of drug-likeness (QED) is 0.844. The first kappa shape index (κ1) is 18.7. The number of aromatic nitrogens is 2. The van der Waals surface area contributed by atoms with Crippen LogP contribution in [0.4, 0.5) is 5.82 Å². The highest BCUT2D eigenvalue weighted by Gasteiger charge is 2.29. The number of nitrogens with zero attached hydrogens (tertiary/aromatic N) is 3. The van der Waals surface area contributed by atoms with Crippen LogP contribution in [0, 0.1) is 0 Å². The molecule has 6 nitrogen and oxygen atoms in total. The van der Waals surface area contributed by atoms with E-state index in [0.717, 1.165) is 55.7 Å². The summed E-state index contributed by atoms with van der Waals surface area (Å²) in [7, 11) is -3.21. The van der Waals surface area contributed by atoms with Gasteiger partial charge in [0.25, 0.3) is 0 Å². The molecule has 1 saturated heterocycles. The van der Waals surface area contributed by atoms with Crippen molar-refractivity contribution in [2.45, 2.75) is 38.1 Å². The van der Waals surface area contributed by atoms with Crippen molar-refractivity contribution in [1.82, 2.24) is 14.7 Å². The van der Waals surface area contributed by atoms with Crippen LogP contribution in [0.15, 0.2) is 24.3 Å². The van der Waals surface area contributed by atoms with Crippen LogP contribution in [0.5, 0.6) is 0 Å². The van der Waals surface area contributed by atoms with E-state index in [0.29, 0.717) is 17.4 Å². The third kappa shape index (κ3) is 4.25. The van der Waals surface area contributed by atoms with Crippen molar-refractivity contribution in [1.29, 1.82) is 0 Å². The van der Waals surface area contributed by atoms with Gasteiger partial charge in [0.05, 0.1) is 6.26 Å². The molecule has 1 unspecified atom stereocenters. The summed E-state index contributed by atoms with van der Waals surface area (Å²) >= 11 is 6.15. The largest absolute Gasteiger partial charge is 0.355 e. The minimum atomic E-state index is -3.21. The number of sulfonamides is 1. The Kier molecular flexibility index (Phi) is 5.09. The Bertz CT molecular complexity index is 964. The number of aryl methyl sites for hydroxylation is 1. The van der Waals surface area contributed by atoms with Crippen LogP contribution in [-0.2, 0) is 22.9 Å². The van der Waals surface area contributed by atoms with Gasteiger partial charge in [-0.2, -0.15) is 0 Å². The van der Waals surface area contributed by atoms with Crippen molar-refractivity contribution in [3.8, 4) is 11.4 Å². The van der Waals surface area contributed by atoms with Gasteiger partial charge in [-0.25, -0.2) is 23.1 Å². The van der Waals surface area contributed by atoms with Crippen molar-refractivity contribution in [2.24, 2.45) is 0 Å². The molecule has 1 fully saturated rings. The fourth-order valence-electron chi connectivity index (χ4n) is 3.94. The lowest BCUT2D eigenvalue weighted by molar-refractivity contribution is 0.567. The molecule has 0 bridgehead atoms. The molecule has 1 aromatic carbocycles. The lowest BCUT2D eigenvalue weighted by Gasteiger charge is -2.25. The van der Waals surface area contributed by atoms with E-state index in [1.807, 2.05) is 24.3 Å². The van der Waals surface area contributed by atoms with Crippen molar-refractivity contribution in [3.05, 3.63) is 40.5 Å². The highest BCUT2D eigenvalue weighted by molar-refractivity contribution is 7.88. The summed E-state index contributed by atoms with van der Waals surface area (Å²) in [5, 5.41) is 0.661. The maximum atomic E-state index is 11.6. The van der Waals surface area contributed by atoms with Crippen LogP contribution in [0.2, 0.25) is 5.02 Å². The molecule has 144 valence electrons. The number of nitrogens with one attached hydrogen (secondary N) is 1. The highest BCUT2D eigenvalue weighted by Crippen LogP contribution is 2.32. The molecule has 1 aromatic heterocycles. The molecular formula is C19H23ClN4O2S. The zero-order valence-electron chi connectivity index (χ0n) is 15.3. The SMILES string of the molecule is CS(=O)(=O)NC1CCN(c2nc(-c3cccc(Cl)c3)nc3c2CCCC3)C1. The van der Waals surface area contributed by atoms with Crippen molar-refractivity contribution in [2.75, 3.05) is 24.2 Å². The van der Waals surface area contributed by atoms with E-state index >= 15 is 0 Å². The fourth-order valence-corrected chi connectivity index (χ4v) is 4.93. The second kappa shape index (κ2) is 7.37. The predicted octanol–water partition coefficient (Wildman–Crippen LogP) is 2.80. The van der Waals surface area contributed by atoms with Gasteiger partial charge in [-0.15, -0.1) is 0 Å². The first-order valence-corrected chi connectivity index (χ1v) is 11.5. The highest BCUT2D eigenvalue weighted by atomic mass is 35.5. The van der Waals surface area contributed by atoms with Gasteiger partial charge in [0.1, 0.15) is 5.82 Å². The van der Waals surface area contributed by atoms with Gasteiger partial charge in [-0.3, -0.25) is 0 Å². The van der Waals surface area contributed by atoms with E-state index < -0.39 is 10.0 Å². The molecule has 2 aliphatic rings. The molecule has 27 heavy (non-hydrogen) atoms. The van der Waals surface area contributed by atoms with Crippen molar-refractivity contribution >= 4 is 27.4 Å². The molecule has 1 aliphatic carbocycles. The number of rotatable bonds is 4. The molecule has 0 spiro atoms. The van der Waals surface area contributed by atoms with E-state index in [2.05, 4.69) is 9.62 Å². The van der Waals surface area contributed by atoms with Gasteiger partial charge in [0, 0.05) is 41.0 Å². The van der Waals surface area contributed by atoms with Crippen molar-refractivity contribution in [3.63, 3.8) is 0 Å². The lowest BCUT2D eigenvalue weighted by atomic mass is 9.96. The topological polar surface area (TPSA) is 75.2 Å². The molecule has 2 aromatic rings. The molecule has 0 amide bonds. The van der Waals surface area contributed by atoms with E-state index in [-0.39, 0.29) is 6.04 Å². The zero-order chi connectivity index (χ0) is 19.0. The summed E-state index contributed by atoms with van der Waals surface area (Å²) in [6.07, 6.45) is 6.19. The number of halogens is 1. The maximum absolute atomic E-state index is 11.6. The van der Waals surface area contributed by atoms with Crippen LogP contribution in [0.25, 0.3) is 11.4 Å². The van der Waals surface area contributed by atoms with E-state index in [1.54, 1.807) is 0 Å².